The van der Waals surface area contributed by atoms with Gasteiger partial charge in [-0.15, -0.1) is 0 Å². The van der Waals surface area contributed by atoms with Crippen molar-refractivity contribution in [1.82, 2.24) is 10.3 Å². The number of unbranched alkanes of at least 4 members (excludes halogenated alkanes) is 3. The van der Waals surface area contributed by atoms with Gasteiger partial charge in [0.05, 0.1) is 11.6 Å². The second-order valence-electron chi connectivity index (χ2n) is 4.05. The summed E-state index contributed by atoms with van der Waals surface area (Å²) in [5.74, 6) is 1.55. The van der Waals surface area contributed by atoms with Crippen LogP contribution in [-0.2, 0) is 0 Å². The Morgan fingerprint density at radius 3 is 2.72 bits per heavy atom. The third kappa shape index (κ3) is 7.80. The first-order valence-corrected chi connectivity index (χ1v) is 7.40. The van der Waals surface area contributed by atoms with E-state index in [1.807, 2.05) is 0 Å². The van der Waals surface area contributed by atoms with E-state index in [4.69, 9.17) is 16.3 Å². The van der Waals surface area contributed by atoms with Crippen LogP contribution in [0.2, 0.25) is 5.02 Å². The van der Waals surface area contributed by atoms with Crippen molar-refractivity contribution in [3.05, 3.63) is 23.4 Å². The van der Waals surface area contributed by atoms with Crippen molar-refractivity contribution in [3.8, 4) is 5.88 Å². The molecule has 0 aliphatic heterocycles. The van der Waals surface area contributed by atoms with Gasteiger partial charge in [0, 0.05) is 24.6 Å². The molecule has 1 aromatic rings. The summed E-state index contributed by atoms with van der Waals surface area (Å²) in [6.45, 7) is 2.80. The van der Waals surface area contributed by atoms with Crippen LogP contribution in [-0.4, -0.2) is 30.4 Å². The van der Waals surface area contributed by atoms with E-state index < -0.39 is 0 Å². The number of halogens is 1. The molecule has 18 heavy (non-hydrogen) atoms. The predicted molar refractivity (Wildman–Crippen MR) is 79.9 cm³/mol. The summed E-state index contributed by atoms with van der Waals surface area (Å²) in [6, 6.07) is 3.58. The van der Waals surface area contributed by atoms with Gasteiger partial charge < -0.3 is 10.1 Å². The summed E-state index contributed by atoms with van der Waals surface area (Å²) >= 11 is 9.88. The Bertz CT molecular complexity index is 308. The second kappa shape index (κ2) is 10.5. The number of rotatable bonds is 10. The zero-order valence-corrected chi connectivity index (χ0v) is 12.2. The molecule has 5 heteroatoms. The van der Waals surface area contributed by atoms with Crippen LogP contribution >= 0.6 is 24.2 Å². The number of hydrogen-bond donors (Lipinski definition) is 2. The zero-order valence-electron chi connectivity index (χ0n) is 10.6. The number of nitrogens with one attached hydrogen (secondary N) is 1. The SMILES string of the molecule is SCCNCCCCCCOc1ccc(Cl)cn1. The summed E-state index contributed by atoms with van der Waals surface area (Å²) in [7, 11) is 0. The molecular formula is C13H21ClN2OS. The molecule has 0 aromatic carbocycles. The maximum Gasteiger partial charge on any atom is 0.213 e. The van der Waals surface area contributed by atoms with Crippen molar-refractivity contribution in [2.24, 2.45) is 0 Å². The zero-order chi connectivity index (χ0) is 13.1. The number of hydrogen-bond acceptors (Lipinski definition) is 4. The van der Waals surface area contributed by atoms with Crippen LogP contribution in [0.15, 0.2) is 18.3 Å². The number of thiol groups is 1. The molecule has 0 fully saturated rings. The highest BCUT2D eigenvalue weighted by Crippen LogP contribution is 2.11. The molecule has 1 rings (SSSR count). The van der Waals surface area contributed by atoms with Gasteiger partial charge >= 0.3 is 0 Å². The summed E-state index contributed by atoms with van der Waals surface area (Å²) in [5.41, 5.74) is 0. The molecular weight excluding hydrogens is 268 g/mol. The summed E-state index contributed by atoms with van der Waals surface area (Å²) in [4.78, 5) is 4.07. The van der Waals surface area contributed by atoms with Crippen molar-refractivity contribution in [1.29, 1.82) is 0 Å². The Balaban J connectivity index is 1.91. The van der Waals surface area contributed by atoms with Gasteiger partial charge in [0.2, 0.25) is 5.88 Å². The minimum absolute atomic E-state index is 0.635. The van der Waals surface area contributed by atoms with Crippen LogP contribution in [0.3, 0.4) is 0 Å². The van der Waals surface area contributed by atoms with Crippen LogP contribution in [0.4, 0.5) is 0 Å². The molecule has 0 radical (unpaired) electrons. The van der Waals surface area contributed by atoms with Crippen molar-refractivity contribution in [2.75, 3.05) is 25.4 Å². The highest BCUT2D eigenvalue weighted by molar-refractivity contribution is 7.80. The molecule has 0 aliphatic rings. The normalized spacial score (nSPS) is 10.6. The van der Waals surface area contributed by atoms with Gasteiger partial charge in [-0.3, -0.25) is 0 Å². The lowest BCUT2D eigenvalue weighted by molar-refractivity contribution is 0.293. The first-order chi connectivity index (χ1) is 8.83. The Labute approximate surface area is 120 Å². The highest BCUT2D eigenvalue weighted by Gasteiger charge is 1.95. The standard InChI is InChI=1S/C13H21ClN2OS/c14-12-5-6-13(16-11-12)17-9-4-2-1-3-7-15-8-10-18/h5-6,11,15,18H,1-4,7-10H2. The Kier molecular flexibility index (Phi) is 9.08. The summed E-state index contributed by atoms with van der Waals surface area (Å²) in [5, 5.41) is 3.96. The van der Waals surface area contributed by atoms with Gasteiger partial charge in [-0.05, 0) is 25.5 Å². The molecule has 0 atom stereocenters. The molecule has 0 aliphatic carbocycles. The fourth-order valence-corrected chi connectivity index (χ4v) is 1.80. The van der Waals surface area contributed by atoms with Crippen molar-refractivity contribution in [3.63, 3.8) is 0 Å². The van der Waals surface area contributed by atoms with Crippen molar-refractivity contribution >= 4 is 24.2 Å². The lowest BCUT2D eigenvalue weighted by Crippen LogP contribution is -2.17. The first kappa shape index (κ1) is 15.6. The second-order valence-corrected chi connectivity index (χ2v) is 4.93. The molecule has 0 unspecified atom stereocenters. The predicted octanol–water partition coefficient (Wildman–Crippen LogP) is 3.19. The quantitative estimate of drug-likeness (QED) is 0.512. The maximum atomic E-state index is 5.74. The van der Waals surface area contributed by atoms with E-state index in [2.05, 4.69) is 22.9 Å². The van der Waals surface area contributed by atoms with Crippen molar-refractivity contribution in [2.45, 2.75) is 25.7 Å². The fourth-order valence-electron chi connectivity index (χ4n) is 1.53. The van der Waals surface area contributed by atoms with Gasteiger partial charge in [-0.2, -0.15) is 12.6 Å². The molecule has 3 nitrogen and oxygen atoms in total. The van der Waals surface area contributed by atoms with Gasteiger partial charge in [-0.25, -0.2) is 4.98 Å². The largest absolute Gasteiger partial charge is 0.478 e. The lowest BCUT2D eigenvalue weighted by atomic mass is 10.2. The smallest absolute Gasteiger partial charge is 0.213 e. The van der Waals surface area contributed by atoms with Crippen LogP contribution in [0, 0.1) is 0 Å². The average molecular weight is 289 g/mol. The van der Waals surface area contributed by atoms with E-state index in [9.17, 15) is 0 Å². The first-order valence-electron chi connectivity index (χ1n) is 6.39. The monoisotopic (exact) mass is 288 g/mol. The minimum Gasteiger partial charge on any atom is -0.478 e. The molecule has 1 aromatic heterocycles. The summed E-state index contributed by atoms with van der Waals surface area (Å²) < 4.78 is 5.51. The fraction of sp³-hybridized carbons (Fsp3) is 0.615. The number of ether oxygens (including phenoxy) is 1. The maximum absolute atomic E-state index is 5.74. The molecule has 102 valence electrons. The van der Waals surface area contributed by atoms with E-state index in [0.29, 0.717) is 10.9 Å². The van der Waals surface area contributed by atoms with Crippen molar-refractivity contribution < 1.29 is 4.74 Å². The molecule has 0 bridgehead atoms. The van der Waals surface area contributed by atoms with Gasteiger partial charge in [0.15, 0.2) is 0 Å². The highest BCUT2D eigenvalue weighted by atomic mass is 35.5. The molecule has 0 saturated carbocycles. The third-order valence-corrected chi connectivity index (χ3v) is 2.93. The third-order valence-electron chi connectivity index (χ3n) is 2.49. The summed E-state index contributed by atoms with van der Waals surface area (Å²) in [6.07, 6.45) is 6.31. The molecule has 0 amide bonds. The topological polar surface area (TPSA) is 34.1 Å². The Morgan fingerprint density at radius 1 is 1.17 bits per heavy atom. The molecule has 0 saturated heterocycles. The van der Waals surface area contributed by atoms with Gasteiger partial charge in [0.25, 0.3) is 0 Å². The van der Waals surface area contributed by atoms with Crippen LogP contribution < -0.4 is 10.1 Å². The number of pyridine rings is 1. The molecule has 1 N–H and O–H groups in total. The Morgan fingerprint density at radius 2 is 2.00 bits per heavy atom. The minimum atomic E-state index is 0.635. The number of aromatic nitrogens is 1. The molecule has 0 spiro atoms. The molecule has 1 heterocycles. The van der Waals surface area contributed by atoms with Crippen LogP contribution in [0.25, 0.3) is 0 Å². The van der Waals surface area contributed by atoms with E-state index >= 15 is 0 Å². The Hall–Kier alpha value is -0.450. The van der Waals surface area contributed by atoms with Gasteiger partial charge in [0.1, 0.15) is 0 Å². The van der Waals surface area contributed by atoms with E-state index in [1.54, 1.807) is 18.3 Å². The number of nitrogens with zero attached hydrogens (tertiary/aromatic N) is 1. The van der Waals surface area contributed by atoms with E-state index in [1.165, 1.54) is 19.3 Å². The van der Waals surface area contributed by atoms with Crippen LogP contribution in [0.5, 0.6) is 5.88 Å². The van der Waals surface area contributed by atoms with Crippen LogP contribution in [0.1, 0.15) is 25.7 Å². The van der Waals surface area contributed by atoms with E-state index in [0.717, 1.165) is 31.9 Å². The average Bonchev–Trinajstić information content (AvgIpc) is 2.39. The lowest BCUT2D eigenvalue weighted by Gasteiger charge is -2.05. The van der Waals surface area contributed by atoms with Gasteiger partial charge in [-0.1, -0.05) is 24.4 Å². The van der Waals surface area contributed by atoms with E-state index in [-0.39, 0.29) is 0 Å².